The summed E-state index contributed by atoms with van der Waals surface area (Å²) in [7, 11) is -5.76. The molecule has 1 aliphatic heterocycles. The molecular formula is C21H27NO5S2. The van der Waals surface area contributed by atoms with Crippen molar-refractivity contribution in [2.45, 2.75) is 43.5 Å². The molecule has 0 unspecified atom stereocenters. The molecule has 2 aromatic carbocycles. The second-order valence-corrected chi connectivity index (χ2v) is 12.0. The van der Waals surface area contributed by atoms with Crippen LogP contribution in [0.15, 0.2) is 41.3 Å². The van der Waals surface area contributed by atoms with Gasteiger partial charge in [0, 0.05) is 12.6 Å². The fourth-order valence-electron chi connectivity index (χ4n) is 3.72. The lowest BCUT2D eigenvalue weighted by molar-refractivity contribution is 0.411. The zero-order chi connectivity index (χ0) is 21.4. The molecule has 0 radical (unpaired) electrons. The van der Waals surface area contributed by atoms with E-state index in [0.29, 0.717) is 23.4 Å². The Kier molecular flexibility index (Phi) is 6.08. The molecule has 1 heterocycles. The van der Waals surface area contributed by atoms with E-state index in [1.54, 1.807) is 26.0 Å². The Morgan fingerprint density at radius 3 is 2.31 bits per heavy atom. The number of hydrogen-bond acceptors (Lipinski definition) is 6. The number of benzene rings is 2. The summed E-state index contributed by atoms with van der Waals surface area (Å²) in [4.78, 5) is 0.167. The summed E-state index contributed by atoms with van der Waals surface area (Å²) >= 11 is 0. The maximum atomic E-state index is 13.4. The quantitative estimate of drug-likeness (QED) is 0.746. The molecule has 2 aromatic rings. The van der Waals surface area contributed by atoms with Gasteiger partial charge in [-0.05, 0) is 49.6 Å². The number of methoxy groups -OCH3 is 1. The Morgan fingerprint density at radius 2 is 1.69 bits per heavy atom. The van der Waals surface area contributed by atoms with Gasteiger partial charge in [-0.2, -0.15) is 0 Å². The van der Waals surface area contributed by atoms with Crippen molar-refractivity contribution in [2.75, 3.05) is 18.6 Å². The van der Waals surface area contributed by atoms with Crippen molar-refractivity contribution in [3.8, 4) is 5.75 Å². The van der Waals surface area contributed by atoms with Crippen molar-refractivity contribution in [1.29, 1.82) is 0 Å². The molecule has 1 saturated heterocycles. The number of hydrogen-bond donors (Lipinski definition) is 1. The van der Waals surface area contributed by atoms with Gasteiger partial charge in [-0.3, -0.25) is 0 Å². The van der Waals surface area contributed by atoms with Crippen molar-refractivity contribution in [2.24, 2.45) is 0 Å². The molecule has 29 heavy (non-hydrogen) atoms. The van der Waals surface area contributed by atoms with Crippen LogP contribution in [0, 0.1) is 20.8 Å². The molecule has 0 spiro atoms. The molecule has 0 saturated carbocycles. The lowest BCUT2D eigenvalue weighted by Crippen LogP contribution is -2.43. The van der Waals surface area contributed by atoms with E-state index >= 15 is 0 Å². The van der Waals surface area contributed by atoms with E-state index in [1.165, 1.54) is 7.11 Å². The first-order valence-electron chi connectivity index (χ1n) is 9.42. The van der Waals surface area contributed by atoms with Crippen LogP contribution in [0.5, 0.6) is 5.75 Å². The topological polar surface area (TPSA) is 89.5 Å². The highest BCUT2D eigenvalue weighted by Gasteiger charge is 2.46. The lowest BCUT2D eigenvalue weighted by Gasteiger charge is -2.22. The minimum atomic E-state index is -3.85. The smallest absolute Gasteiger partial charge is 0.184 e. The summed E-state index contributed by atoms with van der Waals surface area (Å²) < 4.78 is 56.7. The third-order valence-electron chi connectivity index (χ3n) is 5.39. The Hall–Kier alpha value is -1.90. The average Bonchev–Trinajstić information content (AvgIpc) is 2.98. The number of aryl methyl sites for hydroxylation is 3. The molecule has 1 fully saturated rings. The number of ether oxygens (including phenoxy) is 1. The standard InChI is InChI=1S/C21H27NO5S2/c1-14-5-7-17(8-6-14)11-22-18-12-28(23,24)13-21(18)29(25,26)20-10-15(2)19(27-4)9-16(20)3/h5-10,18,21-22H,11-13H2,1-4H3/t18-,21-/m0/s1. The van der Waals surface area contributed by atoms with E-state index in [4.69, 9.17) is 4.74 Å². The minimum Gasteiger partial charge on any atom is -0.496 e. The van der Waals surface area contributed by atoms with Gasteiger partial charge in [0.1, 0.15) is 5.75 Å². The van der Waals surface area contributed by atoms with E-state index < -0.39 is 31.0 Å². The van der Waals surface area contributed by atoms with Crippen LogP contribution in [0.1, 0.15) is 22.3 Å². The molecule has 1 N–H and O–H groups in total. The van der Waals surface area contributed by atoms with Gasteiger partial charge in [-0.1, -0.05) is 29.8 Å². The van der Waals surface area contributed by atoms with Crippen LogP contribution in [0.2, 0.25) is 0 Å². The van der Waals surface area contributed by atoms with Gasteiger partial charge in [-0.15, -0.1) is 0 Å². The Labute approximate surface area is 173 Å². The zero-order valence-corrected chi connectivity index (χ0v) is 18.7. The Morgan fingerprint density at radius 1 is 1.03 bits per heavy atom. The fraction of sp³-hybridized carbons (Fsp3) is 0.429. The lowest BCUT2D eigenvalue weighted by atomic mass is 10.1. The van der Waals surface area contributed by atoms with Crippen LogP contribution >= 0.6 is 0 Å². The molecule has 2 atom stereocenters. The number of rotatable bonds is 6. The SMILES string of the molecule is COc1cc(C)c(S(=O)(=O)[C@H]2CS(=O)(=O)C[C@@H]2NCc2ccc(C)cc2)cc1C. The maximum Gasteiger partial charge on any atom is 0.184 e. The Balaban J connectivity index is 1.91. The molecular weight excluding hydrogens is 410 g/mol. The Bertz CT molecular complexity index is 1110. The summed E-state index contributed by atoms with van der Waals surface area (Å²) in [6.07, 6.45) is 0. The van der Waals surface area contributed by atoms with Gasteiger partial charge in [0.2, 0.25) is 0 Å². The second-order valence-electron chi connectivity index (χ2n) is 7.72. The first-order valence-corrected chi connectivity index (χ1v) is 12.8. The van der Waals surface area contributed by atoms with Crippen molar-refractivity contribution >= 4 is 19.7 Å². The predicted molar refractivity (Wildman–Crippen MR) is 114 cm³/mol. The summed E-state index contributed by atoms with van der Waals surface area (Å²) in [6, 6.07) is 10.4. The molecule has 158 valence electrons. The molecule has 1 aliphatic rings. The number of nitrogens with one attached hydrogen (secondary N) is 1. The summed E-state index contributed by atoms with van der Waals surface area (Å²) in [6.45, 7) is 5.87. The van der Waals surface area contributed by atoms with E-state index in [0.717, 1.165) is 11.1 Å². The largest absolute Gasteiger partial charge is 0.496 e. The van der Waals surface area contributed by atoms with Crippen molar-refractivity contribution in [3.05, 3.63) is 58.7 Å². The van der Waals surface area contributed by atoms with E-state index in [-0.39, 0.29) is 16.4 Å². The third kappa shape index (κ3) is 4.65. The van der Waals surface area contributed by atoms with Crippen LogP contribution < -0.4 is 10.1 Å². The molecule has 0 aromatic heterocycles. The first kappa shape index (κ1) is 21.8. The summed E-state index contributed by atoms with van der Waals surface area (Å²) in [5.74, 6) is 0.0528. The van der Waals surface area contributed by atoms with Crippen molar-refractivity contribution < 1.29 is 21.6 Å². The molecule has 0 aliphatic carbocycles. The maximum absolute atomic E-state index is 13.4. The fourth-order valence-corrected chi connectivity index (χ4v) is 8.75. The van der Waals surface area contributed by atoms with Crippen LogP contribution in [0.3, 0.4) is 0 Å². The molecule has 6 nitrogen and oxygen atoms in total. The predicted octanol–water partition coefficient (Wildman–Crippen LogP) is 2.35. The normalized spacial score (nSPS) is 21.2. The minimum absolute atomic E-state index is 0.167. The first-order chi connectivity index (χ1) is 13.5. The summed E-state index contributed by atoms with van der Waals surface area (Å²) in [5, 5.41) is 2.15. The molecule has 3 rings (SSSR count). The van der Waals surface area contributed by atoms with E-state index in [2.05, 4.69) is 5.32 Å². The van der Waals surface area contributed by atoms with Gasteiger partial charge in [-0.25, -0.2) is 16.8 Å². The van der Waals surface area contributed by atoms with Gasteiger partial charge < -0.3 is 10.1 Å². The van der Waals surface area contributed by atoms with Crippen molar-refractivity contribution in [3.63, 3.8) is 0 Å². The van der Waals surface area contributed by atoms with Crippen molar-refractivity contribution in [1.82, 2.24) is 5.32 Å². The van der Waals surface area contributed by atoms with Gasteiger partial charge >= 0.3 is 0 Å². The highest BCUT2D eigenvalue weighted by Crippen LogP contribution is 2.31. The highest BCUT2D eigenvalue weighted by atomic mass is 32.2. The van der Waals surface area contributed by atoms with Crippen LogP contribution in [0.25, 0.3) is 0 Å². The zero-order valence-electron chi connectivity index (χ0n) is 17.1. The molecule has 0 amide bonds. The average molecular weight is 438 g/mol. The third-order valence-corrected chi connectivity index (χ3v) is 9.68. The monoisotopic (exact) mass is 437 g/mol. The van der Waals surface area contributed by atoms with E-state index in [1.807, 2.05) is 31.2 Å². The van der Waals surface area contributed by atoms with Gasteiger partial charge in [0.05, 0.1) is 28.8 Å². The summed E-state index contributed by atoms with van der Waals surface area (Å²) in [5.41, 5.74) is 3.35. The van der Waals surface area contributed by atoms with Gasteiger partial charge in [0.25, 0.3) is 0 Å². The van der Waals surface area contributed by atoms with E-state index in [9.17, 15) is 16.8 Å². The van der Waals surface area contributed by atoms with Gasteiger partial charge in [0.15, 0.2) is 19.7 Å². The second kappa shape index (κ2) is 8.08. The highest BCUT2D eigenvalue weighted by molar-refractivity contribution is 7.96. The number of sulfone groups is 2. The van der Waals surface area contributed by atoms with Crippen LogP contribution in [-0.2, 0) is 26.2 Å². The molecule has 8 heteroatoms. The van der Waals surface area contributed by atoms with Crippen LogP contribution in [-0.4, -0.2) is 46.7 Å². The van der Waals surface area contributed by atoms with Crippen LogP contribution in [0.4, 0.5) is 0 Å². The molecule has 0 bridgehead atoms.